The molecule has 0 aliphatic heterocycles. The van der Waals surface area contributed by atoms with Crippen molar-refractivity contribution in [3.63, 3.8) is 0 Å². The Labute approximate surface area is 230 Å². The van der Waals surface area contributed by atoms with Gasteiger partial charge in [0.15, 0.2) is 0 Å². The Hall–Kier alpha value is -4.50. The molecule has 8 nitrogen and oxygen atoms in total. The largest absolute Gasteiger partial charge is 0.480 e. The van der Waals surface area contributed by atoms with Gasteiger partial charge in [-0.2, -0.15) is 0 Å². The number of aryl methyl sites for hydroxylation is 3. The molecular weight excluding hydrogens is 510 g/mol. The number of benzene rings is 3. The fraction of sp³-hybridized carbons (Fsp3) is 0.200. The minimum absolute atomic E-state index is 0.176. The second-order valence-electron chi connectivity index (χ2n) is 9.62. The molecule has 39 heavy (non-hydrogen) atoms. The summed E-state index contributed by atoms with van der Waals surface area (Å²) >= 11 is 1.56. The summed E-state index contributed by atoms with van der Waals surface area (Å²) < 4.78 is 0. The summed E-state index contributed by atoms with van der Waals surface area (Å²) in [6.45, 7) is 6.24. The number of carboxylic acids is 1. The number of fused-ring (bicyclic) bond motifs is 1. The van der Waals surface area contributed by atoms with Crippen LogP contribution in [-0.2, 0) is 17.8 Å². The van der Waals surface area contributed by atoms with Gasteiger partial charge in [-0.1, -0.05) is 54.1 Å². The molecule has 3 aromatic carbocycles. The molecule has 0 saturated heterocycles. The van der Waals surface area contributed by atoms with Crippen LogP contribution in [-0.4, -0.2) is 38.0 Å². The molecule has 9 heteroatoms. The first-order chi connectivity index (χ1) is 18.8. The Morgan fingerprint density at radius 3 is 2.41 bits per heavy atom. The molecule has 4 N–H and O–H groups in total. The van der Waals surface area contributed by atoms with E-state index in [1.165, 1.54) is 0 Å². The van der Waals surface area contributed by atoms with Gasteiger partial charge in [-0.3, -0.25) is 4.79 Å². The van der Waals surface area contributed by atoms with Crippen LogP contribution in [0.15, 0.2) is 66.0 Å². The highest BCUT2D eigenvalue weighted by Gasteiger charge is 2.23. The normalized spacial score (nSPS) is 11.9. The van der Waals surface area contributed by atoms with Crippen LogP contribution in [0.3, 0.4) is 0 Å². The van der Waals surface area contributed by atoms with Crippen LogP contribution < -0.4 is 10.6 Å². The number of imidazole rings is 1. The maximum atomic E-state index is 12.9. The number of para-hydroxylation sites is 2. The van der Waals surface area contributed by atoms with Gasteiger partial charge in [-0.25, -0.2) is 14.8 Å². The maximum absolute atomic E-state index is 12.9. The summed E-state index contributed by atoms with van der Waals surface area (Å²) in [6, 6.07) is 18.3. The van der Waals surface area contributed by atoms with Gasteiger partial charge in [0.1, 0.15) is 11.0 Å². The second kappa shape index (κ2) is 11.1. The van der Waals surface area contributed by atoms with Crippen molar-refractivity contribution < 1.29 is 14.7 Å². The SMILES string of the molecule is Cc1cc(C)c(C(=O)NC(Cc2ccc(-c3csc(CNc4nc5ccccc5[nH]4)n3)cc2)C(=O)O)c(C)c1. The average Bonchev–Trinajstić information content (AvgIpc) is 3.54. The van der Waals surface area contributed by atoms with E-state index in [-0.39, 0.29) is 12.3 Å². The average molecular weight is 540 g/mol. The van der Waals surface area contributed by atoms with E-state index in [0.29, 0.717) is 18.1 Å². The van der Waals surface area contributed by atoms with E-state index in [1.54, 1.807) is 11.3 Å². The minimum Gasteiger partial charge on any atom is -0.480 e. The number of hydrogen-bond acceptors (Lipinski definition) is 6. The van der Waals surface area contributed by atoms with Gasteiger partial charge in [-0.15, -0.1) is 11.3 Å². The number of anilines is 1. The topological polar surface area (TPSA) is 120 Å². The first-order valence-corrected chi connectivity index (χ1v) is 13.5. The summed E-state index contributed by atoms with van der Waals surface area (Å²) in [4.78, 5) is 37.4. The smallest absolute Gasteiger partial charge is 0.326 e. The fourth-order valence-electron chi connectivity index (χ4n) is 4.74. The molecule has 1 amide bonds. The number of carboxylic acid groups (broad SMARTS) is 1. The summed E-state index contributed by atoms with van der Waals surface area (Å²) in [5.74, 6) is -0.749. The zero-order valence-corrected chi connectivity index (χ0v) is 22.7. The quantitative estimate of drug-likeness (QED) is 0.192. The first-order valence-electron chi connectivity index (χ1n) is 12.6. The van der Waals surface area contributed by atoms with Gasteiger partial charge in [0.05, 0.1) is 23.3 Å². The Bertz CT molecular complexity index is 1600. The lowest BCUT2D eigenvalue weighted by Gasteiger charge is -2.17. The summed E-state index contributed by atoms with van der Waals surface area (Å²) in [5, 5.41) is 18.7. The summed E-state index contributed by atoms with van der Waals surface area (Å²) in [5.41, 5.74) is 7.72. The van der Waals surface area contributed by atoms with E-state index in [1.807, 2.05) is 86.8 Å². The second-order valence-corrected chi connectivity index (χ2v) is 10.6. The van der Waals surface area contributed by atoms with Crippen molar-refractivity contribution >= 4 is 40.2 Å². The van der Waals surface area contributed by atoms with E-state index >= 15 is 0 Å². The Morgan fingerprint density at radius 1 is 1.00 bits per heavy atom. The van der Waals surface area contributed by atoms with Crippen molar-refractivity contribution in [3.05, 3.63) is 98.9 Å². The zero-order valence-electron chi connectivity index (χ0n) is 21.9. The molecule has 0 saturated carbocycles. The number of H-pyrrole nitrogens is 1. The minimum atomic E-state index is -1.07. The predicted octanol–water partition coefficient (Wildman–Crippen LogP) is 5.65. The van der Waals surface area contributed by atoms with Crippen molar-refractivity contribution in [2.45, 2.75) is 39.8 Å². The number of nitrogens with one attached hydrogen (secondary N) is 3. The van der Waals surface area contributed by atoms with E-state index in [2.05, 4.69) is 20.6 Å². The van der Waals surface area contributed by atoms with Gasteiger partial charge in [0, 0.05) is 22.9 Å². The molecule has 0 aliphatic rings. The number of thiazole rings is 1. The van der Waals surface area contributed by atoms with Crippen LogP contribution in [0.2, 0.25) is 0 Å². The highest BCUT2D eigenvalue weighted by atomic mass is 32.1. The lowest BCUT2D eigenvalue weighted by Crippen LogP contribution is -2.42. The Kier molecular flexibility index (Phi) is 7.42. The molecule has 2 heterocycles. The van der Waals surface area contributed by atoms with E-state index < -0.39 is 12.0 Å². The number of hydrogen-bond donors (Lipinski definition) is 4. The standard InChI is InChI=1S/C30H29N5O3S/c1-17-12-18(2)27(19(3)13-17)28(36)33-24(29(37)38)14-20-8-10-21(11-9-20)25-16-39-26(32-25)15-31-30-34-22-6-4-5-7-23(22)35-30/h4-13,16,24H,14-15H2,1-3H3,(H,33,36)(H,37,38)(H2,31,34,35). The molecule has 5 rings (SSSR count). The number of carbonyl (C=O) groups is 2. The summed E-state index contributed by atoms with van der Waals surface area (Å²) in [6.07, 6.45) is 0.176. The van der Waals surface area contributed by atoms with Crippen LogP contribution in [0.25, 0.3) is 22.3 Å². The van der Waals surface area contributed by atoms with Gasteiger partial charge in [0.25, 0.3) is 5.91 Å². The van der Waals surface area contributed by atoms with E-state index in [0.717, 1.165) is 49.6 Å². The van der Waals surface area contributed by atoms with E-state index in [9.17, 15) is 14.7 Å². The number of carbonyl (C=O) groups excluding carboxylic acids is 1. The molecule has 1 unspecified atom stereocenters. The summed E-state index contributed by atoms with van der Waals surface area (Å²) in [7, 11) is 0. The number of nitrogens with zero attached hydrogens (tertiary/aromatic N) is 2. The Morgan fingerprint density at radius 2 is 1.72 bits per heavy atom. The number of aromatic amines is 1. The van der Waals surface area contributed by atoms with Gasteiger partial charge < -0.3 is 20.7 Å². The maximum Gasteiger partial charge on any atom is 0.326 e. The zero-order chi connectivity index (χ0) is 27.5. The molecule has 0 fully saturated rings. The monoisotopic (exact) mass is 539 g/mol. The molecule has 0 aliphatic carbocycles. The molecule has 0 spiro atoms. The third-order valence-corrected chi connectivity index (χ3v) is 7.39. The van der Waals surface area contributed by atoms with Crippen molar-refractivity contribution in [2.75, 3.05) is 5.32 Å². The highest BCUT2D eigenvalue weighted by molar-refractivity contribution is 7.10. The lowest BCUT2D eigenvalue weighted by atomic mass is 9.98. The molecule has 2 aromatic heterocycles. The molecule has 1 atom stereocenters. The predicted molar refractivity (Wildman–Crippen MR) is 154 cm³/mol. The molecule has 198 valence electrons. The molecule has 5 aromatic rings. The van der Waals surface area contributed by atoms with Crippen molar-refractivity contribution in [1.29, 1.82) is 0 Å². The van der Waals surface area contributed by atoms with Gasteiger partial charge in [0.2, 0.25) is 5.95 Å². The lowest BCUT2D eigenvalue weighted by molar-refractivity contribution is -0.139. The number of rotatable bonds is 9. The van der Waals surface area contributed by atoms with Crippen molar-refractivity contribution in [3.8, 4) is 11.3 Å². The number of aromatic nitrogens is 3. The van der Waals surface area contributed by atoms with Crippen molar-refractivity contribution in [1.82, 2.24) is 20.3 Å². The number of amides is 1. The fourth-order valence-corrected chi connectivity index (χ4v) is 5.48. The van der Waals surface area contributed by atoms with Gasteiger partial charge in [-0.05, 0) is 49.6 Å². The van der Waals surface area contributed by atoms with Crippen LogP contribution >= 0.6 is 11.3 Å². The van der Waals surface area contributed by atoms with E-state index in [4.69, 9.17) is 4.98 Å². The third kappa shape index (κ3) is 5.99. The Balaban J connectivity index is 1.22. The van der Waals surface area contributed by atoms with Crippen LogP contribution in [0.5, 0.6) is 0 Å². The first kappa shape index (κ1) is 26.1. The van der Waals surface area contributed by atoms with Crippen molar-refractivity contribution in [2.24, 2.45) is 0 Å². The van der Waals surface area contributed by atoms with Crippen LogP contribution in [0, 0.1) is 20.8 Å². The van der Waals surface area contributed by atoms with Gasteiger partial charge >= 0.3 is 5.97 Å². The molecular formula is C30H29N5O3S. The molecule has 0 radical (unpaired) electrons. The van der Waals surface area contributed by atoms with Crippen LogP contribution in [0.1, 0.15) is 37.6 Å². The highest BCUT2D eigenvalue weighted by Crippen LogP contribution is 2.24. The third-order valence-electron chi connectivity index (χ3n) is 6.55. The molecule has 0 bridgehead atoms. The number of aliphatic carboxylic acids is 1. The van der Waals surface area contributed by atoms with Crippen LogP contribution in [0.4, 0.5) is 5.95 Å².